The third-order valence-corrected chi connectivity index (χ3v) is 6.53. The number of benzene rings is 2. The molecule has 7 heteroatoms. The Morgan fingerprint density at radius 1 is 0.966 bits per heavy atom. The summed E-state index contributed by atoms with van der Waals surface area (Å²) in [6.45, 7) is 0.913. The molecule has 0 aliphatic carbocycles. The summed E-state index contributed by atoms with van der Waals surface area (Å²) in [6.07, 6.45) is 0.778. The maximum absolute atomic E-state index is 12.2. The highest BCUT2D eigenvalue weighted by molar-refractivity contribution is 7.97. The van der Waals surface area contributed by atoms with Gasteiger partial charge in [0.05, 0.1) is 19.4 Å². The van der Waals surface area contributed by atoms with Gasteiger partial charge in [0.25, 0.3) is 5.79 Å². The van der Waals surface area contributed by atoms with Gasteiger partial charge < -0.3 is 14.8 Å². The lowest BCUT2D eigenvalue weighted by molar-refractivity contribution is -0.225. The first-order valence-corrected chi connectivity index (χ1v) is 11.2. The van der Waals surface area contributed by atoms with Gasteiger partial charge >= 0.3 is 11.9 Å². The average Bonchev–Trinajstić information content (AvgIpc) is 2.97. The summed E-state index contributed by atoms with van der Waals surface area (Å²) in [4.78, 5) is 24.4. The van der Waals surface area contributed by atoms with E-state index in [0.29, 0.717) is 23.6 Å². The van der Waals surface area contributed by atoms with Crippen LogP contribution in [0.1, 0.15) is 35.1 Å². The molecule has 0 aromatic heterocycles. The molecule has 29 heavy (non-hydrogen) atoms. The Balaban J connectivity index is 1.66. The molecule has 0 saturated carbocycles. The van der Waals surface area contributed by atoms with Gasteiger partial charge in [-0.1, -0.05) is 41.9 Å². The molecule has 0 amide bonds. The second kappa shape index (κ2) is 8.78. The molecule has 1 saturated heterocycles. The van der Waals surface area contributed by atoms with Crippen molar-refractivity contribution in [3.8, 4) is 0 Å². The fourth-order valence-corrected chi connectivity index (χ4v) is 5.13. The van der Waals surface area contributed by atoms with E-state index in [1.807, 2.05) is 24.3 Å². The van der Waals surface area contributed by atoms with Gasteiger partial charge in [-0.3, -0.25) is 9.59 Å². The van der Waals surface area contributed by atoms with Crippen molar-refractivity contribution in [2.45, 2.75) is 36.6 Å². The van der Waals surface area contributed by atoms with Crippen LogP contribution in [-0.4, -0.2) is 25.0 Å². The van der Waals surface area contributed by atoms with Gasteiger partial charge in [0.1, 0.15) is 0 Å². The lowest BCUT2D eigenvalue weighted by Crippen LogP contribution is -2.43. The summed E-state index contributed by atoms with van der Waals surface area (Å²) in [5.41, 5.74) is 3.96. The Labute approximate surface area is 179 Å². The Kier molecular flexibility index (Phi) is 6.13. The summed E-state index contributed by atoms with van der Waals surface area (Å²) < 4.78 is 11.4. The minimum absolute atomic E-state index is 0.0310. The molecule has 2 heterocycles. The SMILES string of the molecule is O=C1CCC(=O)OC2(CNCCc3c2ccc(Cl)c3CSCc2ccccc2)O1. The molecule has 152 valence electrons. The van der Waals surface area contributed by atoms with E-state index in [-0.39, 0.29) is 19.4 Å². The first kappa shape index (κ1) is 20.3. The smallest absolute Gasteiger partial charge is 0.309 e. The van der Waals surface area contributed by atoms with Crippen molar-refractivity contribution in [2.75, 3.05) is 13.1 Å². The van der Waals surface area contributed by atoms with Crippen molar-refractivity contribution in [2.24, 2.45) is 0 Å². The lowest BCUT2D eigenvalue weighted by Gasteiger charge is -2.32. The van der Waals surface area contributed by atoms with E-state index >= 15 is 0 Å². The quantitative estimate of drug-likeness (QED) is 0.739. The summed E-state index contributed by atoms with van der Waals surface area (Å²) in [7, 11) is 0. The number of rotatable bonds is 4. The largest absolute Gasteiger partial charge is 0.416 e. The van der Waals surface area contributed by atoms with Crippen LogP contribution in [0.25, 0.3) is 0 Å². The maximum atomic E-state index is 12.2. The van der Waals surface area contributed by atoms with E-state index in [0.717, 1.165) is 22.6 Å². The highest BCUT2D eigenvalue weighted by Gasteiger charge is 2.45. The van der Waals surface area contributed by atoms with Gasteiger partial charge in [-0.15, -0.1) is 0 Å². The van der Waals surface area contributed by atoms with Gasteiger partial charge in [0, 0.05) is 22.1 Å². The Hall–Kier alpha value is -2.02. The molecule has 2 aromatic carbocycles. The molecule has 0 radical (unpaired) electrons. The van der Waals surface area contributed by atoms with Crippen LogP contribution in [0.3, 0.4) is 0 Å². The Morgan fingerprint density at radius 2 is 1.69 bits per heavy atom. The van der Waals surface area contributed by atoms with E-state index < -0.39 is 17.7 Å². The van der Waals surface area contributed by atoms with E-state index in [1.54, 1.807) is 17.8 Å². The highest BCUT2D eigenvalue weighted by Crippen LogP contribution is 2.39. The first-order valence-electron chi connectivity index (χ1n) is 9.64. The zero-order valence-corrected chi connectivity index (χ0v) is 17.5. The van der Waals surface area contributed by atoms with Gasteiger partial charge in [-0.25, -0.2) is 0 Å². The second-order valence-corrected chi connectivity index (χ2v) is 8.55. The van der Waals surface area contributed by atoms with E-state index in [9.17, 15) is 9.59 Å². The van der Waals surface area contributed by atoms with Crippen molar-refractivity contribution in [3.63, 3.8) is 0 Å². The number of carbonyl (C=O) groups excluding carboxylic acids is 2. The zero-order chi connectivity index (χ0) is 20.3. The highest BCUT2D eigenvalue weighted by atomic mass is 35.5. The van der Waals surface area contributed by atoms with Crippen molar-refractivity contribution in [1.82, 2.24) is 5.32 Å². The normalized spacial score (nSPS) is 18.4. The fourth-order valence-electron chi connectivity index (χ4n) is 3.75. The second-order valence-electron chi connectivity index (χ2n) is 7.16. The van der Waals surface area contributed by atoms with Crippen LogP contribution in [0, 0.1) is 0 Å². The number of ether oxygens (including phenoxy) is 2. The number of esters is 2. The van der Waals surface area contributed by atoms with E-state index in [2.05, 4.69) is 17.4 Å². The number of halogens is 1. The molecule has 4 rings (SSSR count). The lowest BCUT2D eigenvalue weighted by atomic mass is 9.94. The van der Waals surface area contributed by atoms with Crippen LogP contribution in [-0.2, 0) is 42.8 Å². The van der Waals surface area contributed by atoms with Gasteiger partial charge in [0.2, 0.25) is 0 Å². The number of hydrogen-bond acceptors (Lipinski definition) is 6. The summed E-state index contributed by atoms with van der Waals surface area (Å²) in [5, 5.41) is 3.92. The van der Waals surface area contributed by atoms with Crippen LogP contribution in [0.4, 0.5) is 0 Å². The summed E-state index contributed by atoms with van der Waals surface area (Å²) in [6, 6.07) is 13.9. The summed E-state index contributed by atoms with van der Waals surface area (Å²) >= 11 is 8.34. The maximum Gasteiger partial charge on any atom is 0.309 e. The summed E-state index contributed by atoms with van der Waals surface area (Å²) in [5.74, 6) is -0.705. The predicted molar refractivity (Wildman–Crippen MR) is 113 cm³/mol. The minimum Gasteiger partial charge on any atom is -0.416 e. The third-order valence-electron chi connectivity index (χ3n) is 5.14. The Bertz CT molecular complexity index is 901. The molecule has 0 atom stereocenters. The van der Waals surface area contributed by atoms with Crippen molar-refractivity contribution in [3.05, 3.63) is 69.7 Å². The van der Waals surface area contributed by atoms with Crippen LogP contribution < -0.4 is 5.32 Å². The number of thioether (sulfide) groups is 1. The molecule has 2 aliphatic heterocycles. The van der Waals surface area contributed by atoms with E-state index in [1.165, 1.54) is 5.56 Å². The van der Waals surface area contributed by atoms with Gasteiger partial charge in [0.15, 0.2) is 0 Å². The molecule has 2 aromatic rings. The van der Waals surface area contributed by atoms with Crippen molar-refractivity contribution in [1.29, 1.82) is 0 Å². The fraction of sp³-hybridized carbons (Fsp3) is 0.364. The minimum atomic E-state index is -1.43. The molecular weight excluding hydrogens is 410 g/mol. The Morgan fingerprint density at radius 3 is 2.41 bits per heavy atom. The van der Waals surface area contributed by atoms with Crippen molar-refractivity contribution < 1.29 is 19.1 Å². The monoisotopic (exact) mass is 431 g/mol. The number of fused-ring (bicyclic) bond motifs is 2. The molecule has 1 N–H and O–H groups in total. The topological polar surface area (TPSA) is 64.6 Å². The molecule has 1 spiro atoms. The predicted octanol–water partition coefficient (Wildman–Crippen LogP) is 3.95. The molecule has 0 unspecified atom stereocenters. The number of carbonyl (C=O) groups is 2. The van der Waals surface area contributed by atoms with Gasteiger partial charge in [-0.2, -0.15) is 11.8 Å². The van der Waals surface area contributed by atoms with Crippen LogP contribution in [0.5, 0.6) is 0 Å². The third kappa shape index (κ3) is 4.44. The molecule has 0 bridgehead atoms. The standard InChI is InChI=1S/C22H22ClNO4S/c23-19-7-6-18-16(17(19)13-29-12-15-4-2-1-3-5-15)10-11-24-14-22(18)27-20(25)8-9-21(26)28-22/h1-7,24H,8-14H2. The first-order chi connectivity index (χ1) is 14.1. The molecular formula is C22H22ClNO4S. The van der Waals surface area contributed by atoms with E-state index in [4.69, 9.17) is 21.1 Å². The average molecular weight is 432 g/mol. The van der Waals surface area contributed by atoms with Crippen LogP contribution in [0.15, 0.2) is 42.5 Å². The molecule has 2 aliphatic rings. The zero-order valence-electron chi connectivity index (χ0n) is 15.9. The molecule has 1 fully saturated rings. The number of nitrogens with one attached hydrogen (secondary N) is 1. The van der Waals surface area contributed by atoms with Gasteiger partial charge in [-0.05, 0) is 41.8 Å². The van der Waals surface area contributed by atoms with Crippen molar-refractivity contribution >= 4 is 35.3 Å². The number of hydrogen-bond donors (Lipinski definition) is 1. The molecule has 5 nitrogen and oxygen atoms in total. The van der Waals surface area contributed by atoms with Crippen LogP contribution >= 0.6 is 23.4 Å². The van der Waals surface area contributed by atoms with Crippen LogP contribution in [0.2, 0.25) is 5.02 Å².